The van der Waals surface area contributed by atoms with Crippen molar-refractivity contribution >= 4 is 11.8 Å². The van der Waals surface area contributed by atoms with E-state index in [2.05, 4.69) is 21.8 Å². The molecule has 0 bridgehead atoms. The van der Waals surface area contributed by atoms with Crippen molar-refractivity contribution in [3.05, 3.63) is 65.4 Å². The highest BCUT2D eigenvalue weighted by Crippen LogP contribution is 2.28. The van der Waals surface area contributed by atoms with Crippen LogP contribution in [0.3, 0.4) is 0 Å². The average molecular weight is 360 g/mol. The number of hydrogen-bond donors (Lipinski definition) is 3. The molecule has 0 amide bonds. The molecule has 0 aliphatic carbocycles. The quantitative estimate of drug-likeness (QED) is 0.620. The lowest BCUT2D eigenvalue weighted by Crippen LogP contribution is -2.05. The van der Waals surface area contributed by atoms with Crippen molar-refractivity contribution in [2.75, 3.05) is 18.6 Å². The molecule has 0 fully saturated rings. The third kappa shape index (κ3) is 4.17. The van der Waals surface area contributed by atoms with Crippen molar-refractivity contribution in [1.29, 1.82) is 0 Å². The highest BCUT2D eigenvalue weighted by Gasteiger charge is 2.11. The van der Waals surface area contributed by atoms with E-state index in [4.69, 9.17) is 16.2 Å². The number of hydrogen-bond acceptors (Lipinski definition) is 6. The number of aliphatic hydroxyl groups is 1. The van der Waals surface area contributed by atoms with Gasteiger partial charge in [0.2, 0.25) is 5.95 Å². The maximum atomic E-state index is 10.6. The Labute approximate surface area is 157 Å². The van der Waals surface area contributed by atoms with Crippen LogP contribution < -0.4 is 16.2 Å². The van der Waals surface area contributed by atoms with E-state index in [1.54, 1.807) is 20.1 Å². The van der Waals surface area contributed by atoms with Gasteiger partial charge in [0.05, 0.1) is 18.4 Å². The molecule has 0 aliphatic heterocycles. The van der Waals surface area contributed by atoms with Crippen molar-refractivity contribution in [2.45, 2.75) is 13.0 Å². The number of nitrogens with zero attached hydrogens (tertiary/aromatic N) is 2. The second-order valence-corrected chi connectivity index (χ2v) is 5.96. The van der Waals surface area contributed by atoms with Crippen molar-refractivity contribution in [3.63, 3.8) is 0 Å². The Morgan fingerprint density at radius 3 is 2.44 bits per heavy atom. The first kappa shape index (κ1) is 18.2. The van der Waals surface area contributed by atoms with Crippen LogP contribution in [0.15, 0.2) is 48.5 Å². The first-order valence-corrected chi connectivity index (χ1v) is 8.31. The van der Waals surface area contributed by atoms with Gasteiger partial charge in [0.15, 0.2) is 0 Å². The number of nitrogen functional groups attached to an aromatic ring is 2. The molecule has 2 aromatic carbocycles. The molecule has 0 saturated carbocycles. The number of nitrogens with two attached hydrogens (primary N) is 2. The van der Waals surface area contributed by atoms with Gasteiger partial charge in [0.25, 0.3) is 0 Å². The predicted octanol–water partition coefficient (Wildman–Crippen LogP) is 2.71. The Kier molecular flexibility index (Phi) is 5.25. The predicted molar refractivity (Wildman–Crippen MR) is 106 cm³/mol. The molecule has 136 valence electrons. The van der Waals surface area contributed by atoms with E-state index < -0.39 is 6.10 Å². The summed E-state index contributed by atoms with van der Waals surface area (Å²) >= 11 is 0. The second kappa shape index (κ2) is 7.77. The minimum Gasteiger partial charge on any atom is -0.497 e. The fraction of sp³-hybridized carbons (Fsp3) is 0.143. The molecule has 1 heterocycles. The van der Waals surface area contributed by atoms with E-state index in [9.17, 15) is 5.11 Å². The van der Waals surface area contributed by atoms with Gasteiger partial charge in [-0.05, 0) is 41.8 Å². The van der Waals surface area contributed by atoms with Crippen molar-refractivity contribution in [1.82, 2.24) is 9.97 Å². The van der Waals surface area contributed by atoms with Crippen LogP contribution in [0.25, 0.3) is 11.1 Å². The zero-order chi connectivity index (χ0) is 19.4. The number of aryl methyl sites for hydroxylation is 1. The highest BCUT2D eigenvalue weighted by atomic mass is 16.5. The molecule has 0 spiro atoms. The molecular weight excluding hydrogens is 340 g/mol. The lowest BCUT2D eigenvalue weighted by atomic mass is 10.00. The molecule has 1 aromatic heterocycles. The van der Waals surface area contributed by atoms with Crippen LogP contribution in [0.2, 0.25) is 0 Å². The molecule has 0 aliphatic rings. The Balaban J connectivity index is 1.98. The third-order valence-electron chi connectivity index (χ3n) is 4.06. The summed E-state index contributed by atoms with van der Waals surface area (Å²) < 4.78 is 5.37. The van der Waals surface area contributed by atoms with Gasteiger partial charge >= 0.3 is 0 Å². The number of benzene rings is 2. The molecule has 0 saturated heterocycles. The van der Waals surface area contributed by atoms with E-state index >= 15 is 0 Å². The monoisotopic (exact) mass is 360 g/mol. The summed E-state index contributed by atoms with van der Waals surface area (Å²) in [6, 6.07) is 15.4. The highest BCUT2D eigenvalue weighted by molar-refractivity contribution is 5.66. The van der Waals surface area contributed by atoms with Gasteiger partial charge in [-0.3, -0.25) is 0 Å². The SMILES string of the molecule is COc1cc(-c2ccccc2)cc([C@@H](O)C#Cc2c(C)nc(N)nc2N)c1. The molecule has 3 rings (SSSR count). The van der Waals surface area contributed by atoms with Gasteiger partial charge in [-0.25, -0.2) is 4.98 Å². The molecule has 27 heavy (non-hydrogen) atoms. The molecule has 0 radical (unpaired) electrons. The summed E-state index contributed by atoms with van der Waals surface area (Å²) in [6.07, 6.45) is -1.03. The number of methoxy groups -OCH3 is 1. The van der Waals surface area contributed by atoms with Gasteiger partial charge in [-0.1, -0.05) is 42.2 Å². The average Bonchev–Trinajstić information content (AvgIpc) is 2.67. The van der Waals surface area contributed by atoms with Crippen molar-refractivity contribution in [2.24, 2.45) is 0 Å². The molecular formula is C21H20N4O2. The Bertz CT molecular complexity index is 1000. The maximum Gasteiger partial charge on any atom is 0.222 e. The zero-order valence-corrected chi connectivity index (χ0v) is 15.1. The summed E-state index contributed by atoms with van der Waals surface area (Å²) in [5, 5.41) is 10.6. The van der Waals surface area contributed by atoms with Crippen LogP contribution in [-0.2, 0) is 0 Å². The first-order valence-electron chi connectivity index (χ1n) is 8.31. The number of rotatable bonds is 3. The van der Waals surface area contributed by atoms with Gasteiger partial charge in [-0.15, -0.1) is 0 Å². The lowest BCUT2D eigenvalue weighted by molar-refractivity contribution is 0.238. The number of aromatic nitrogens is 2. The maximum absolute atomic E-state index is 10.6. The molecule has 6 heteroatoms. The van der Waals surface area contributed by atoms with Crippen LogP contribution in [0, 0.1) is 18.8 Å². The molecule has 3 aromatic rings. The van der Waals surface area contributed by atoms with Crippen LogP contribution >= 0.6 is 0 Å². The standard InChI is InChI=1S/C21H20N4O2/c1-13-18(20(22)25-21(23)24-13)8-9-19(26)16-10-15(11-17(12-16)27-2)14-6-4-3-5-7-14/h3-7,10-12,19,26H,1-2H3,(H4,22,23,24,25)/t19-/m0/s1. The van der Waals surface area contributed by atoms with Gasteiger partial charge in [0, 0.05) is 0 Å². The van der Waals surface area contributed by atoms with Crippen LogP contribution in [0.5, 0.6) is 5.75 Å². The molecule has 1 atom stereocenters. The Morgan fingerprint density at radius 1 is 1.04 bits per heavy atom. The Morgan fingerprint density at radius 2 is 1.78 bits per heavy atom. The minimum atomic E-state index is -1.03. The van der Waals surface area contributed by atoms with Gasteiger partial charge < -0.3 is 21.3 Å². The summed E-state index contributed by atoms with van der Waals surface area (Å²) in [7, 11) is 1.59. The fourth-order valence-corrected chi connectivity index (χ4v) is 2.69. The van der Waals surface area contributed by atoms with E-state index in [0.29, 0.717) is 22.6 Å². The van der Waals surface area contributed by atoms with Gasteiger partial charge in [-0.2, -0.15) is 4.98 Å². The van der Waals surface area contributed by atoms with E-state index in [1.807, 2.05) is 42.5 Å². The van der Waals surface area contributed by atoms with E-state index in [0.717, 1.165) is 11.1 Å². The second-order valence-electron chi connectivity index (χ2n) is 5.96. The Hall–Kier alpha value is -3.56. The summed E-state index contributed by atoms with van der Waals surface area (Å²) in [6.45, 7) is 1.74. The number of ether oxygens (including phenoxy) is 1. The molecule has 5 N–H and O–H groups in total. The topological polar surface area (TPSA) is 107 Å². The van der Waals surface area contributed by atoms with Crippen LogP contribution in [-0.4, -0.2) is 22.2 Å². The zero-order valence-electron chi connectivity index (χ0n) is 15.1. The summed E-state index contributed by atoms with van der Waals surface area (Å²) in [4.78, 5) is 7.96. The van der Waals surface area contributed by atoms with Crippen molar-refractivity contribution < 1.29 is 9.84 Å². The lowest BCUT2D eigenvalue weighted by Gasteiger charge is -2.11. The van der Waals surface area contributed by atoms with Crippen LogP contribution in [0.4, 0.5) is 11.8 Å². The summed E-state index contributed by atoms with van der Waals surface area (Å²) in [5.41, 5.74) is 15.0. The smallest absolute Gasteiger partial charge is 0.222 e. The van der Waals surface area contributed by atoms with E-state index in [-0.39, 0.29) is 11.8 Å². The third-order valence-corrected chi connectivity index (χ3v) is 4.06. The van der Waals surface area contributed by atoms with Crippen LogP contribution in [0.1, 0.15) is 22.9 Å². The number of anilines is 2. The normalized spacial score (nSPS) is 11.4. The van der Waals surface area contributed by atoms with E-state index in [1.165, 1.54) is 0 Å². The minimum absolute atomic E-state index is 0.0939. The summed E-state index contributed by atoms with van der Waals surface area (Å²) in [5.74, 6) is 6.57. The number of aliphatic hydroxyl groups excluding tert-OH is 1. The molecule has 0 unspecified atom stereocenters. The van der Waals surface area contributed by atoms with Crippen molar-refractivity contribution in [3.8, 4) is 28.7 Å². The first-order chi connectivity index (χ1) is 13.0. The van der Waals surface area contributed by atoms with Gasteiger partial charge in [0.1, 0.15) is 17.7 Å². The largest absolute Gasteiger partial charge is 0.497 e. The molecule has 6 nitrogen and oxygen atoms in total. The fourth-order valence-electron chi connectivity index (χ4n) is 2.69.